The fourth-order valence-corrected chi connectivity index (χ4v) is 2.77. The summed E-state index contributed by atoms with van der Waals surface area (Å²) in [6.07, 6.45) is 0.582. The highest BCUT2D eigenvalue weighted by molar-refractivity contribution is 7.89. The molecule has 0 radical (unpaired) electrons. The third-order valence-electron chi connectivity index (χ3n) is 2.72. The second-order valence-corrected chi connectivity index (χ2v) is 6.27. The number of carboxylic acids is 1. The first-order valence-corrected chi connectivity index (χ1v) is 7.79. The van der Waals surface area contributed by atoms with Crippen LogP contribution in [0, 0.1) is 0 Å². The Balaban J connectivity index is 2.72. The Kier molecular flexibility index (Phi) is 5.86. The Morgan fingerprint density at radius 3 is 2.29 bits per heavy atom. The molecule has 3 N–H and O–H groups in total. The molecule has 0 saturated carbocycles. The summed E-state index contributed by atoms with van der Waals surface area (Å²) in [6, 6.07) is 4.86. The van der Waals surface area contributed by atoms with Gasteiger partial charge in [0, 0.05) is 13.5 Å². The standard InChI is InChI=1S/C13H18N2O5S/c1-9(13(17)18)15-21(19,20)12-5-3-11(4-6-12)7-8-14-10(2)16/h3-6,9,15H,7-8H2,1-2H3,(H,14,16)(H,17,18). The quantitative estimate of drug-likeness (QED) is 0.661. The number of carboxylic acid groups (broad SMARTS) is 1. The molecule has 0 aliphatic rings. The van der Waals surface area contributed by atoms with Crippen LogP contribution in [0.3, 0.4) is 0 Å². The van der Waals surface area contributed by atoms with E-state index in [1.807, 2.05) is 0 Å². The summed E-state index contributed by atoms with van der Waals surface area (Å²) in [6.45, 7) is 3.14. The van der Waals surface area contributed by atoms with Gasteiger partial charge in [-0.15, -0.1) is 0 Å². The molecule has 1 atom stereocenters. The molecule has 8 heteroatoms. The van der Waals surface area contributed by atoms with Gasteiger partial charge in [-0.05, 0) is 31.0 Å². The molecule has 1 rings (SSSR count). The first kappa shape index (κ1) is 17.1. The number of aliphatic carboxylic acids is 1. The summed E-state index contributed by atoms with van der Waals surface area (Å²) in [5, 5.41) is 11.4. The van der Waals surface area contributed by atoms with Crippen LogP contribution in [0.25, 0.3) is 0 Å². The second-order valence-electron chi connectivity index (χ2n) is 4.56. The van der Waals surface area contributed by atoms with Crippen LogP contribution in [0.4, 0.5) is 0 Å². The fourth-order valence-electron chi connectivity index (χ4n) is 1.57. The van der Waals surface area contributed by atoms with Crippen molar-refractivity contribution in [3.8, 4) is 0 Å². The molecular weight excluding hydrogens is 296 g/mol. The Labute approximate surface area is 123 Å². The van der Waals surface area contributed by atoms with E-state index in [1.165, 1.54) is 26.0 Å². The molecule has 0 aliphatic carbocycles. The van der Waals surface area contributed by atoms with Gasteiger partial charge in [0.1, 0.15) is 6.04 Å². The molecule has 116 valence electrons. The van der Waals surface area contributed by atoms with Gasteiger partial charge in [-0.1, -0.05) is 12.1 Å². The van der Waals surface area contributed by atoms with E-state index in [-0.39, 0.29) is 10.8 Å². The van der Waals surface area contributed by atoms with Gasteiger partial charge in [-0.25, -0.2) is 8.42 Å². The van der Waals surface area contributed by atoms with Crippen molar-refractivity contribution in [1.82, 2.24) is 10.0 Å². The van der Waals surface area contributed by atoms with Crippen molar-refractivity contribution in [1.29, 1.82) is 0 Å². The van der Waals surface area contributed by atoms with Crippen LogP contribution in [0.5, 0.6) is 0 Å². The second kappa shape index (κ2) is 7.19. The van der Waals surface area contributed by atoms with Gasteiger partial charge < -0.3 is 10.4 Å². The number of carbonyl (C=O) groups excluding carboxylic acids is 1. The first-order valence-electron chi connectivity index (χ1n) is 6.31. The zero-order chi connectivity index (χ0) is 16.0. The van der Waals surface area contributed by atoms with Crippen molar-refractivity contribution >= 4 is 21.9 Å². The van der Waals surface area contributed by atoms with Gasteiger partial charge in [0.2, 0.25) is 15.9 Å². The van der Waals surface area contributed by atoms with Crippen molar-refractivity contribution in [3.63, 3.8) is 0 Å². The van der Waals surface area contributed by atoms with Gasteiger partial charge >= 0.3 is 5.97 Å². The molecule has 0 aromatic heterocycles. The number of sulfonamides is 1. The van der Waals surface area contributed by atoms with Gasteiger partial charge in [0.25, 0.3) is 0 Å². The van der Waals surface area contributed by atoms with Gasteiger partial charge in [0.05, 0.1) is 4.90 Å². The average molecular weight is 314 g/mol. The van der Waals surface area contributed by atoms with Gasteiger partial charge in [-0.2, -0.15) is 4.72 Å². The molecule has 1 amide bonds. The molecule has 0 saturated heterocycles. The number of benzene rings is 1. The van der Waals surface area contributed by atoms with E-state index in [4.69, 9.17) is 5.11 Å². The maximum absolute atomic E-state index is 11.9. The van der Waals surface area contributed by atoms with E-state index in [0.717, 1.165) is 5.56 Å². The van der Waals surface area contributed by atoms with Crippen molar-refractivity contribution in [2.24, 2.45) is 0 Å². The monoisotopic (exact) mass is 314 g/mol. The molecule has 0 aliphatic heterocycles. The topological polar surface area (TPSA) is 113 Å². The Morgan fingerprint density at radius 2 is 1.81 bits per heavy atom. The molecule has 0 spiro atoms. The minimum atomic E-state index is -3.86. The van der Waals surface area contributed by atoms with Gasteiger partial charge in [-0.3, -0.25) is 9.59 Å². The Bertz CT molecular complexity index is 610. The lowest BCUT2D eigenvalue weighted by Gasteiger charge is -2.10. The summed E-state index contributed by atoms with van der Waals surface area (Å²) < 4.78 is 25.9. The lowest BCUT2D eigenvalue weighted by atomic mass is 10.1. The molecule has 21 heavy (non-hydrogen) atoms. The molecule has 0 bridgehead atoms. The summed E-state index contributed by atoms with van der Waals surface area (Å²) in [7, 11) is -3.86. The zero-order valence-corrected chi connectivity index (χ0v) is 12.6. The van der Waals surface area contributed by atoms with E-state index >= 15 is 0 Å². The lowest BCUT2D eigenvalue weighted by molar-refractivity contribution is -0.138. The Morgan fingerprint density at radius 1 is 1.24 bits per heavy atom. The summed E-state index contributed by atoms with van der Waals surface area (Å²) in [4.78, 5) is 21.4. The van der Waals surface area contributed by atoms with Crippen LogP contribution in [-0.2, 0) is 26.0 Å². The number of hydrogen-bond acceptors (Lipinski definition) is 4. The number of rotatable bonds is 7. The van der Waals surface area contributed by atoms with E-state index in [2.05, 4.69) is 10.0 Å². The summed E-state index contributed by atoms with van der Waals surface area (Å²) >= 11 is 0. The largest absolute Gasteiger partial charge is 0.480 e. The van der Waals surface area contributed by atoms with Crippen LogP contribution in [0.1, 0.15) is 19.4 Å². The SMILES string of the molecule is CC(=O)NCCc1ccc(S(=O)(=O)NC(C)C(=O)O)cc1. The van der Waals surface area contributed by atoms with Crippen molar-refractivity contribution in [2.45, 2.75) is 31.2 Å². The number of carbonyl (C=O) groups is 2. The third-order valence-corrected chi connectivity index (χ3v) is 4.28. The number of nitrogens with one attached hydrogen (secondary N) is 2. The van der Waals surface area contributed by atoms with Crippen molar-refractivity contribution < 1.29 is 23.1 Å². The highest BCUT2D eigenvalue weighted by Crippen LogP contribution is 2.11. The predicted molar refractivity (Wildman–Crippen MR) is 76.2 cm³/mol. The smallest absolute Gasteiger partial charge is 0.321 e. The highest BCUT2D eigenvalue weighted by Gasteiger charge is 2.21. The normalized spacial score (nSPS) is 12.7. The number of hydrogen-bond donors (Lipinski definition) is 3. The maximum Gasteiger partial charge on any atom is 0.321 e. The zero-order valence-electron chi connectivity index (χ0n) is 11.8. The van der Waals surface area contributed by atoms with Gasteiger partial charge in [0.15, 0.2) is 0 Å². The average Bonchev–Trinajstić information content (AvgIpc) is 2.38. The summed E-state index contributed by atoms with van der Waals surface area (Å²) in [5.74, 6) is -1.37. The van der Waals surface area contributed by atoms with Crippen molar-refractivity contribution in [3.05, 3.63) is 29.8 Å². The minimum Gasteiger partial charge on any atom is -0.480 e. The molecule has 7 nitrogen and oxygen atoms in total. The van der Waals surface area contributed by atoms with Crippen LogP contribution in [0.2, 0.25) is 0 Å². The third kappa shape index (κ3) is 5.52. The van der Waals surface area contributed by atoms with E-state index < -0.39 is 22.0 Å². The number of amides is 1. The highest BCUT2D eigenvalue weighted by atomic mass is 32.2. The predicted octanol–water partition coefficient (Wildman–Crippen LogP) is 0.117. The van der Waals surface area contributed by atoms with E-state index in [9.17, 15) is 18.0 Å². The molecule has 0 fully saturated rings. The Hall–Kier alpha value is -1.93. The van der Waals surface area contributed by atoms with Crippen LogP contribution in [-0.4, -0.2) is 38.0 Å². The minimum absolute atomic E-state index is 0.00104. The maximum atomic E-state index is 11.9. The molecule has 1 aromatic rings. The van der Waals surface area contributed by atoms with E-state index in [0.29, 0.717) is 13.0 Å². The van der Waals surface area contributed by atoms with Crippen LogP contribution < -0.4 is 10.0 Å². The van der Waals surface area contributed by atoms with Crippen molar-refractivity contribution in [2.75, 3.05) is 6.54 Å². The van der Waals surface area contributed by atoms with Crippen LogP contribution in [0.15, 0.2) is 29.2 Å². The summed E-state index contributed by atoms with van der Waals surface area (Å²) in [5.41, 5.74) is 0.869. The molecule has 1 unspecified atom stereocenters. The molecule has 1 aromatic carbocycles. The molecule has 0 heterocycles. The lowest BCUT2D eigenvalue weighted by Crippen LogP contribution is -2.38. The van der Waals surface area contributed by atoms with Crippen LogP contribution >= 0.6 is 0 Å². The molecular formula is C13H18N2O5S. The fraction of sp³-hybridized carbons (Fsp3) is 0.385. The first-order chi connectivity index (χ1) is 9.72. The van der Waals surface area contributed by atoms with E-state index in [1.54, 1.807) is 12.1 Å².